The lowest BCUT2D eigenvalue weighted by Gasteiger charge is -2.11. The molecular formula is C13H18BrNO2. The van der Waals surface area contributed by atoms with Crippen LogP contribution in [-0.2, 0) is 0 Å². The van der Waals surface area contributed by atoms with Gasteiger partial charge in [0.2, 0.25) is 0 Å². The number of rotatable bonds is 5. The Labute approximate surface area is 110 Å². The molecule has 1 aromatic rings. The first-order valence-electron chi connectivity index (χ1n) is 5.77. The summed E-state index contributed by atoms with van der Waals surface area (Å²) in [4.78, 5) is 11.8. The molecule has 0 saturated carbocycles. The predicted octanol–water partition coefficient (Wildman–Crippen LogP) is 2.65. The molecule has 0 aliphatic rings. The minimum Gasteiger partial charge on any atom is -0.391 e. The smallest absolute Gasteiger partial charge is 0.252 e. The van der Waals surface area contributed by atoms with Crippen molar-refractivity contribution in [3.63, 3.8) is 0 Å². The first-order chi connectivity index (χ1) is 8.04. The van der Waals surface area contributed by atoms with Crippen LogP contribution in [0.25, 0.3) is 0 Å². The van der Waals surface area contributed by atoms with E-state index in [9.17, 15) is 9.90 Å². The van der Waals surface area contributed by atoms with E-state index in [1.165, 1.54) is 0 Å². The molecule has 0 aliphatic heterocycles. The van der Waals surface area contributed by atoms with Crippen LogP contribution in [0.4, 0.5) is 0 Å². The number of halogens is 1. The molecule has 1 aromatic carbocycles. The Morgan fingerprint density at radius 3 is 2.82 bits per heavy atom. The van der Waals surface area contributed by atoms with Crippen molar-refractivity contribution in [1.29, 1.82) is 0 Å². The van der Waals surface area contributed by atoms with Crippen molar-refractivity contribution in [2.45, 2.75) is 32.8 Å². The van der Waals surface area contributed by atoms with Crippen LogP contribution >= 0.6 is 15.9 Å². The Bertz CT molecular complexity index is 393. The molecule has 0 aromatic heterocycles. The minimum atomic E-state index is -0.465. The van der Waals surface area contributed by atoms with Crippen molar-refractivity contribution in [3.8, 4) is 0 Å². The van der Waals surface area contributed by atoms with Crippen molar-refractivity contribution >= 4 is 21.8 Å². The summed E-state index contributed by atoms with van der Waals surface area (Å²) in [5.74, 6) is -0.160. The molecule has 0 saturated heterocycles. The van der Waals surface area contributed by atoms with Gasteiger partial charge in [-0.25, -0.2) is 0 Å². The molecule has 94 valence electrons. The van der Waals surface area contributed by atoms with E-state index < -0.39 is 6.10 Å². The van der Waals surface area contributed by atoms with Gasteiger partial charge >= 0.3 is 0 Å². The zero-order valence-electron chi connectivity index (χ0n) is 10.2. The van der Waals surface area contributed by atoms with Gasteiger partial charge in [-0.3, -0.25) is 4.79 Å². The van der Waals surface area contributed by atoms with E-state index in [-0.39, 0.29) is 5.91 Å². The highest BCUT2D eigenvalue weighted by Crippen LogP contribution is 2.18. The minimum absolute atomic E-state index is 0.160. The van der Waals surface area contributed by atoms with Crippen LogP contribution in [0.15, 0.2) is 22.7 Å². The van der Waals surface area contributed by atoms with Crippen LogP contribution in [0.2, 0.25) is 0 Å². The molecule has 1 amide bonds. The maximum absolute atomic E-state index is 11.8. The molecule has 0 aliphatic carbocycles. The van der Waals surface area contributed by atoms with Crippen LogP contribution < -0.4 is 5.32 Å². The molecule has 3 nitrogen and oxygen atoms in total. The van der Waals surface area contributed by atoms with Crippen molar-refractivity contribution in [1.82, 2.24) is 5.32 Å². The number of aliphatic hydroxyl groups is 1. The van der Waals surface area contributed by atoms with Crippen LogP contribution in [0.5, 0.6) is 0 Å². The molecule has 17 heavy (non-hydrogen) atoms. The van der Waals surface area contributed by atoms with Crippen molar-refractivity contribution in [2.75, 3.05) is 6.54 Å². The molecule has 1 atom stereocenters. The second kappa shape index (κ2) is 6.77. The molecule has 1 rings (SSSR count). The molecule has 1 unspecified atom stereocenters. The third-order valence-corrected chi connectivity index (χ3v) is 3.15. The number of benzene rings is 1. The maximum Gasteiger partial charge on any atom is 0.252 e. The summed E-state index contributed by atoms with van der Waals surface area (Å²) in [5.41, 5.74) is 1.69. The zero-order valence-corrected chi connectivity index (χ0v) is 11.8. The first-order valence-corrected chi connectivity index (χ1v) is 6.56. The normalized spacial score (nSPS) is 12.2. The Morgan fingerprint density at radius 1 is 1.53 bits per heavy atom. The van der Waals surface area contributed by atoms with Gasteiger partial charge in [-0.05, 0) is 47.0 Å². The highest BCUT2D eigenvalue weighted by Gasteiger charge is 2.11. The van der Waals surface area contributed by atoms with Gasteiger partial charge in [0, 0.05) is 11.0 Å². The number of hydrogen-bond donors (Lipinski definition) is 2. The number of aliphatic hydroxyl groups excluding tert-OH is 1. The summed E-state index contributed by atoms with van der Waals surface area (Å²) < 4.78 is 0.778. The molecule has 0 spiro atoms. The van der Waals surface area contributed by atoms with Gasteiger partial charge in [-0.1, -0.05) is 19.4 Å². The number of amides is 1. The lowest BCUT2D eigenvalue weighted by molar-refractivity contribution is 0.0909. The summed E-state index contributed by atoms with van der Waals surface area (Å²) >= 11 is 3.36. The first kappa shape index (κ1) is 14.2. The zero-order chi connectivity index (χ0) is 12.8. The number of hydrogen-bond acceptors (Lipinski definition) is 2. The van der Waals surface area contributed by atoms with Crippen LogP contribution in [0.3, 0.4) is 0 Å². The van der Waals surface area contributed by atoms with E-state index in [0.29, 0.717) is 18.5 Å². The van der Waals surface area contributed by atoms with Gasteiger partial charge in [0.25, 0.3) is 5.91 Å². The molecule has 2 N–H and O–H groups in total. The summed E-state index contributed by atoms with van der Waals surface area (Å²) in [6, 6.07) is 5.57. The molecule has 4 heteroatoms. The Balaban J connectivity index is 2.58. The lowest BCUT2D eigenvalue weighted by atomic mass is 10.1. The van der Waals surface area contributed by atoms with Crippen LogP contribution in [-0.4, -0.2) is 23.7 Å². The standard InChI is InChI=1S/C13H18BrNO2/c1-3-4-10(16)8-15-13(17)11-6-5-9(2)7-12(11)14/h5-7,10,16H,3-4,8H2,1-2H3,(H,15,17). The van der Waals surface area contributed by atoms with Crippen molar-refractivity contribution < 1.29 is 9.90 Å². The van der Waals surface area contributed by atoms with E-state index in [0.717, 1.165) is 16.5 Å². The maximum atomic E-state index is 11.8. The van der Waals surface area contributed by atoms with Crippen LogP contribution in [0, 0.1) is 6.92 Å². The number of aryl methyl sites for hydroxylation is 1. The van der Waals surface area contributed by atoms with Gasteiger partial charge in [0.1, 0.15) is 0 Å². The fourth-order valence-electron chi connectivity index (χ4n) is 1.55. The summed E-state index contributed by atoms with van der Waals surface area (Å²) in [5, 5.41) is 12.3. The highest BCUT2D eigenvalue weighted by molar-refractivity contribution is 9.10. The van der Waals surface area contributed by atoms with Gasteiger partial charge in [-0.2, -0.15) is 0 Å². The summed E-state index contributed by atoms with van der Waals surface area (Å²) in [6.07, 6.45) is 1.15. The third-order valence-electron chi connectivity index (χ3n) is 2.49. The van der Waals surface area contributed by atoms with E-state index in [1.807, 2.05) is 26.0 Å². The Morgan fingerprint density at radius 2 is 2.24 bits per heavy atom. The second-order valence-corrected chi connectivity index (χ2v) is 4.99. The average Bonchev–Trinajstić information content (AvgIpc) is 2.26. The Hall–Kier alpha value is -0.870. The molecule has 0 fully saturated rings. The quantitative estimate of drug-likeness (QED) is 0.878. The highest BCUT2D eigenvalue weighted by atomic mass is 79.9. The average molecular weight is 300 g/mol. The number of carbonyl (C=O) groups is 1. The van der Waals surface area contributed by atoms with Crippen molar-refractivity contribution in [2.24, 2.45) is 0 Å². The fraction of sp³-hybridized carbons (Fsp3) is 0.462. The number of carbonyl (C=O) groups excluding carboxylic acids is 1. The topological polar surface area (TPSA) is 49.3 Å². The van der Waals surface area contributed by atoms with E-state index >= 15 is 0 Å². The SMILES string of the molecule is CCCC(O)CNC(=O)c1ccc(C)cc1Br. The third kappa shape index (κ3) is 4.48. The van der Waals surface area contributed by atoms with Crippen LogP contribution in [0.1, 0.15) is 35.7 Å². The summed E-state index contributed by atoms with van der Waals surface area (Å²) in [6.45, 7) is 4.27. The van der Waals surface area contributed by atoms with E-state index in [4.69, 9.17) is 0 Å². The van der Waals surface area contributed by atoms with Crippen molar-refractivity contribution in [3.05, 3.63) is 33.8 Å². The van der Waals surface area contributed by atoms with Gasteiger partial charge in [-0.15, -0.1) is 0 Å². The number of nitrogens with one attached hydrogen (secondary N) is 1. The molecule has 0 radical (unpaired) electrons. The van der Waals surface area contributed by atoms with E-state index in [1.54, 1.807) is 6.07 Å². The lowest BCUT2D eigenvalue weighted by Crippen LogP contribution is -2.32. The predicted molar refractivity (Wildman–Crippen MR) is 72.1 cm³/mol. The monoisotopic (exact) mass is 299 g/mol. The van der Waals surface area contributed by atoms with Gasteiger partial charge < -0.3 is 10.4 Å². The van der Waals surface area contributed by atoms with Gasteiger partial charge in [0.15, 0.2) is 0 Å². The second-order valence-electron chi connectivity index (χ2n) is 4.14. The fourth-order valence-corrected chi connectivity index (χ4v) is 2.22. The molecule has 0 heterocycles. The molecule has 0 bridgehead atoms. The largest absolute Gasteiger partial charge is 0.391 e. The molecular weight excluding hydrogens is 282 g/mol. The summed E-state index contributed by atoms with van der Waals surface area (Å²) in [7, 11) is 0. The van der Waals surface area contributed by atoms with E-state index in [2.05, 4.69) is 21.2 Å². The Kier molecular flexibility index (Phi) is 5.65. The van der Waals surface area contributed by atoms with Gasteiger partial charge in [0.05, 0.1) is 11.7 Å².